The summed E-state index contributed by atoms with van der Waals surface area (Å²) in [6.07, 6.45) is 1.93. The van der Waals surface area contributed by atoms with Crippen molar-refractivity contribution >= 4 is 9.84 Å². The molecule has 0 atom stereocenters. The van der Waals surface area contributed by atoms with Crippen LogP contribution in [0, 0.1) is 0 Å². The molecule has 0 aromatic heterocycles. The van der Waals surface area contributed by atoms with Crippen LogP contribution >= 0.6 is 0 Å². The highest BCUT2D eigenvalue weighted by Crippen LogP contribution is 2.19. The third-order valence-corrected chi connectivity index (χ3v) is 4.77. The van der Waals surface area contributed by atoms with Crippen molar-refractivity contribution in [2.75, 3.05) is 0 Å². The maximum absolute atomic E-state index is 12.4. The third-order valence-electron chi connectivity index (χ3n) is 3.09. The largest absolute Gasteiger partial charge is 0.223 e. The number of rotatable bonds is 5. The molecular formula is C16H18O2S. The van der Waals surface area contributed by atoms with Crippen LogP contribution in [0.5, 0.6) is 0 Å². The minimum Gasteiger partial charge on any atom is -0.223 e. The fraction of sp³-hybridized carbons (Fsp3) is 0.250. The molecule has 0 spiro atoms. The standard InChI is InChI=1S/C16H18O2S/c1-2-8-14-9-6-7-10-15(14)13-19(17,18)16-11-4-3-5-12-16/h3-7,9-12H,2,8,13H2,1H3. The third kappa shape index (κ3) is 3.44. The van der Waals surface area contributed by atoms with Crippen LogP contribution in [0.2, 0.25) is 0 Å². The molecule has 0 aliphatic carbocycles. The molecule has 0 bridgehead atoms. The van der Waals surface area contributed by atoms with Crippen molar-refractivity contribution < 1.29 is 8.42 Å². The molecule has 100 valence electrons. The van der Waals surface area contributed by atoms with Gasteiger partial charge in [0.2, 0.25) is 0 Å². The van der Waals surface area contributed by atoms with Crippen LogP contribution < -0.4 is 0 Å². The Balaban J connectivity index is 2.31. The van der Waals surface area contributed by atoms with Gasteiger partial charge in [0.25, 0.3) is 0 Å². The quantitative estimate of drug-likeness (QED) is 0.834. The molecule has 2 rings (SSSR count). The molecule has 0 saturated carbocycles. The van der Waals surface area contributed by atoms with Gasteiger partial charge in [-0.2, -0.15) is 0 Å². The Hall–Kier alpha value is -1.61. The number of hydrogen-bond donors (Lipinski definition) is 0. The summed E-state index contributed by atoms with van der Waals surface area (Å²) < 4.78 is 24.7. The van der Waals surface area contributed by atoms with E-state index in [-0.39, 0.29) is 5.75 Å². The van der Waals surface area contributed by atoms with Gasteiger partial charge in [0, 0.05) is 0 Å². The van der Waals surface area contributed by atoms with E-state index in [9.17, 15) is 8.42 Å². The van der Waals surface area contributed by atoms with E-state index in [4.69, 9.17) is 0 Å². The van der Waals surface area contributed by atoms with E-state index in [0.717, 1.165) is 24.0 Å². The number of aryl methyl sites for hydroxylation is 1. The van der Waals surface area contributed by atoms with Crippen molar-refractivity contribution in [1.29, 1.82) is 0 Å². The van der Waals surface area contributed by atoms with Gasteiger partial charge in [-0.1, -0.05) is 55.8 Å². The smallest absolute Gasteiger partial charge is 0.182 e. The van der Waals surface area contributed by atoms with Gasteiger partial charge in [-0.25, -0.2) is 8.42 Å². The molecule has 0 radical (unpaired) electrons. The Labute approximate surface area is 115 Å². The lowest BCUT2D eigenvalue weighted by Gasteiger charge is -2.09. The number of sulfone groups is 1. The van der Waals surface area contributed by atoms with Crippen molar-refractivity contribution in [3.63, 3.8) is 0 Å². The normalized spacial score (nSPS) is 11.4. The highest BCUT2D eigenvalue weighted by atomic mass is 32.2. The lowest BCUT2D eigenvalue weighted by Crippen LogP contribution is -2.07. The molecular weight excluding hydrogens is 256 g/mol. The van der Waals surface area contributed by atoms with E-state index >= 15 is 0 Å². The van der Waals surface area contributed by atoms with Crippen molar-refractivity contribution in [2.45, 2.75) is 30.4 Å². The highest BCUT2D eigenvalue weighted by molar-refractivity contribution is 7.90. The maximum Gasteiger partial charge on any atom is 0.182 e. The van der Waals surface area contributed by atoms with Gasteiger partial charge >= 0.3 is 0 Å². The van der Waals surface area contributed by atoms with Crippen LogP contribution in [0.3, 0.4) is 0 Å². The zero-order valence-electron chi connectivity index (χ0n) is 11.0. The molecule has 2 nitrogen and oxygen atoms in total. The Morgan fingerprint density at radius 2 is 1.42 bits per heavy atom. The van der Waals surface area contributed by atoms with E-state index in [0.29, 0.717) is 4.90 Å². The second-order valence-electron chi connectivity index (χ2n) is 4.59. The van der Waals surface area contributed by atoms with Gasteiger partial charge in [-0.05, 0) is 29.7 Å². The van der Waals surface area contributed by atoms with E-state index in [1.165, 1.54) is 0 Å². The summed E-state index contributed by atoms with van der Waals surface area (Å²) in [6.45, 7) is 2.10. The lowest BCUT2D eigenvalue weighted by atomic mass is 10.0. The molecule has 0 heterocycles. The fourth-order valence-electron chi connectivity index (χ4n) is 2.13. The monoisotopic (exact) mass is 274 g/mol. The fourth-order valence-corrected chi connectivity index (χ4v) is 3.56. The van der Waals surface area contributed by atoms with Crippen LogP contribution in [0.4, 0.5) is 0 Å². The summed E-state index contributed by atoms with van der Waals surface area (Å²) in [6, 6.07) is 16.4. The first-order valence-corrected chi connectivity index (χ1v) is 8.13. The average molecular weight is 274 g/mol. The van der Waals surface area contributed by atoms with Crippen molar-refractivity contribution in [1.82, 2.24) is 0 Å². The number of benzene rings is 2. The van der Waals surface area contributed by atoms with Crippen LogP contribution in [0.1, 0.15) is 24.5 Å². The van der Waals surface area contributed by atoms with Crippen molar-refractivity contribution in [3.05, 3.63) is 65.7 Å². The average Bonchev–Trinajstić information content (AvgIpc) is 2.42. The van der Waals surface area contributed by atoms with E-state index in [1.807, 2.05) is 30.3 Å². The predicted molar refractivity (Wildman–Crippen MR) is 77.8 cm³/mol. The summed E-state index contributed by atoms with van der Waals surface area (Å²) in [5.41, 5.74) is 2.04. The van der Waals surface area contributed by atoms with Gasteiger partial charge in [0.1, 0.15) is 0 Å². The molecule has 0 unspecified atom stereocenters. The predicted octanol–water partition coefficient (Wildman–Crippen LogP) is 3.61. The Bertz CT molecular complexity index is 631. The van der Waals surface area contributed by atoms with Crippen LogP contribution in [-0.4, -0.2) is 8.42 Å². The first kappa shape index (κ1) is 13.8. The molecule has 0 fully saturated rings. The maximum atomic E-state index is 12.4. The molecule has 19 heavy (non-hydrogen) atoms. The molecule has 2 aromatic rings. The van der Waals surface area contributed by atoms with Crippen molar-refractivity contribution in [2.24, 2.45) is 0 Å². The second-order valence-corrected chi connectivity index (χ2v) is 6.58. The van der Waals surface area contributed by atoms with Crippen molar-refractivity contribution in [3.8, 4) is 0 Å². The molecule has 0 saturated heterocycles. The SMILES string of the molecule is CCCc1ccccc1CS(=O)(=O)c1ccccc1. The van der Waals surface area contributed by atoms with Crippen LogP contribution in [-0.2, 0) is 22.0 Å². The van der Waals surface area contributed by atoms with E-state index in [2.05, 4.69) is 6.92 Å². The van der Waals surface area contributed by atoms with Gasteiger partial charge in [-0.15, -0.1) is 0 Å². The summed E-state index contributed by atoms with van der Waals surface area (Å²) in [5.74, 6) is 0.0766. The topological polar surface area (TPSA) is 34.1 Å². The number of hydrogen-bond acceptors (Lipinski definition) is 2. The first-order valence-electron chi connectivity index (χ1n) is 6.48. The lowest BCUT2D eigenvalue weighted by molar-refractivity contribution is 0.595. The molecule has 0 aliphatic heterocycles. The van der Waals surface area contributed by atoms with Gasteiger partial charge in [-0.3, -0.25) is 0 Å². The van der Waals surface area contributed by atoms with Gasteiger partial charge < -0.3 is 0 Å². The Kier molecular flexibility index (Phi) is 4.38. The minimum absolute atomic E-state index is 0.0766. The van der Waals surface area contributed by atoms with Gasteiger partial charge in [0.05, 0.1) is 10.6 Å². The van der Waals surface area contributed by atoms with E-state index < -0.39 is 9.84 Å². The van der Waals surface area contributed by atoms with E-state index in [1.54, 1.807) is 24.3 Å². The second kappa shape index (κ2) is 6.02. The molecule has 0 N–H and O–H groups in total. The summed E-state index contributed by atoms with van der Waals surface area (Å²) in [4.78, 5) is 0.390. The molecule has 0 aliphatic rings. The Morgan fingerprint density at radius 3 is 2.05 bits per heavy atom. The molecule has 3 heteroatoms. The summed E-state index contributed by atoms with van der Waals surface area (Å²) >= 11 is 0. The van der Waals surface area contributed by atoms with Crippen LogP contribution in [0.25, 0.3) is 0 Å². The molecule has 2 aromatic carbocycles. The first-order chi connectivity index (χ1) is 9.13. The van der Waals surface area contributed by atoms with Gasteiger partial charge in [0.15, 0.2) is 9.84 Å². The summed E-state index contributed by atoms with van der Waals surface area (Å²) in [7, 11) is -3.25. The highest BCUT2D eigenvalue weighted by Gasteiger charge is 2.16. The Morgan fingerprint density at radius 1 is 0.842 bits per heavy atom. The summed E-state index contributed by atoms with van der Waals surface area (Å²) in [5, 5.41) is 0. The zero-order valence-corrected chi connectivity index (χ0v) is 11.9. The zero-order chi connectivity index (χ0) is 13.7. The van der Waals surface area contributed by atoms with Crippen LogP contribution in [0.15, 0.2) is 59.5 Å². The molecule has 0 amide bonds. The minimum atomic E-state index is -3.25.